The molecule has 10 heavy (non-hydrogen) atoms. The zero-order valence-corrected chi connectivity index (χ0v) is 5.85. The standard InChI is InChI=1S/C7H10N2O/c1-2-5-3-4-9-7(10)6(5)8/h3-4H,2,8H2,1H3,(H,9,10). The fourth-order valence-corrected chi connectivity index (χ4v) is 0.840. The Morgan fingerprint density at radius 3 is 2.90 bits per heavy atom. The first-order valence-electron chi connectivity index (χ1n) is 3.21. The van der Waals surface area contributed by atoms with Gasteiger partial charge in [-0.1, -0.05) is 6.92 Å². The smallest absolute Gasteiger partial charge is 0.271 e. The number of H-pyrrole nitrogens is 1. The van der Waals surface area contributed by atoms with E-state index in [0.29, 0.717) is 5.69 Å². The Morgan fingerprint density at radius 1 is 1.70 bits per heavy atom. The first-order valence-corrected chi connectivity index (χ1v) is 3.21. The number of nitrogen functional groups attached to an aromatic ring is 1. The SMILES string of the molecule is CCc1cc[nH]c(=O)c1N. The van der Waals surface area contributed by atoms with Crippen LogP contribution in [-0.4, -0.2) is 4.98 Å². The van der Waals surface area contributed by atoms with Crippen LogP contribution in [0.2, 0.25) is 0 Å². The summed E-state index contributed by atoms with van der Waals surface area (Å²) in [5.41, 5.74) is 6.50. The zero-order valence-electron chi connectivity index (χ0n) is 5.85. The van der Waals surface area contributed by atoms with E-state index in [0.717, 1.165) is 12.0 Å². The van der Waals surface area contributed by atoms with Crippen LogP contribution in [0.5, 0.6) is 0 Å². The highest BCUT2D eigenvalue weighted by Crippen LogP contribution is 2.03. The van der Waals surface area contributed by atoms with Gasteiger partial charge in [-0.2, -0.15) is 0 Å². The molecule has 0 aliphatic heterocycles. The highest BCUT2D eigenvalue weighted by atomic mass is 16.1. The van der Waals surface area contributed by atoms with Gasteiger partial charge in [-0.3, -0.25) is 4.79 Å². The molecule has 0 amide bonds. The number of pyridine rings is 1. The number of nitrogens with two attached hydrogens (primary N) is 1. The Bertz CT molecular complexity index is 277. The monoisotopic (exact) mass is 138 g/mol. The lowest BCUT2D eigenvalue weighted by molar-refractivity contribution is 1.10. The summed E-state index contributed by atoms with van der Waals surface area (Å²) in [5, 5.41) is 0. The average Bonchev–Trinajstić information content (AvgIpc) is 1.95. The van der Waals surface area contributed by atoms with Crippen molar-refractivity contribution in [3.05, 3.63) is 28.2 Å². The summed E-state index contributed by atoms with van der Waals surface area (Å²) in [6, 6.07) is 1.82. The third-order valence-electron chi connectivity index (χ3n) is 1.47. The Hall–Kier alpha value is -1.25. The average molecular weight is 138 g/mol. The van der Waals surface area contributed by atoms with E-state index < -0.39 is 0 Å². The predicted octanol–water partition coefficient (Wildman–Crippen LogP) is 0.519. The van der Waals surface area contributed by atoms with Crippen molar-refractivity contribution in [2.24, 2.45) is 0 Å². The first-order chi connectivity index (χ1) is 4.75. The fraction of sp³-hybridized carbons (Fsp3) is 0.286. The van der Waals surface area contributed by atoms with Gasteiger partial charge in [0.1, 0.15) is 5.69 Å². The van der Waals surface area contributed by atoms with Gasteiger partial charge in [0.15, 0.2) is 0 Å². The third-order valence-corrected chi connectivity index (χ3v) is 1.47. The largest absolute Gasteiger partial charge is 0.394 e. The van der Waals surface area contributed by atoms with E-state index in [1.165, 1.54) is 0 Å². The van der Waals surface area contributed by atoms with Crippen molar-refractivity contribution in [3.8, 4) is 0 Å². The summed E-state index contributed by atoms with van der Waals surface area (Å²) in [6.07, 6.45) is 2.41. The Kier molecular flexibility index (Phi) is 1.76. The molecule has 0 aliphatic rings. The van der Waals surface area contributed by atoms with Crippen LogP contribution < -0.4 is 11.3 Å². The minimum atomic E-state index is -0.195. The molecule has 0 unspecified atom stereocenters. The second kappa shape index (κ2) is 2.56. The summed E-state index contributed by atoms with van der Waals surface area (Å²) in [5.74, 6) is 0. The van der Waals surface area contributed by atoms with E-state index in [9.17, 15) is 4.79 Å². The molecule has 0 fully saturated rings. The summed E-state index contributed by atoms with van der Waals surface area (Å²) in [4.78, 5) is 13.3. The van der Waals surface area contributed by atoms with Crippen molar-refractivity contribution >= 4 is 5.69 Å². The molecule has 0 bridgehead atoms. The second-order valence-electron chi connectivity index (χ2n) is 2.10. The Balaban J connectivity index is 3.28. The van der Waals surface area contributed by atoms with Gasteiger partial charge in [0.05, 0.1) is 0 Å². The van der Waals surface area contributed by atoms with Gasteiger partial charge in [0.2, 0.25) is 0 Å². The van der Waals surface area contributed by atoms with E-state index in [1.807, 2.05) is 13.0 Å². The molecular formula is C7H10N2O. The summed E-state index contributed by atoms with van der Waals surface area (Å²) < 4.78 is 0. The normalized spacial score (nSPS) is 9.70. The van der Waals surface area contributed by atoms with Crippen molar-refractivity contribution in [1.82, 2.24) is 4.98 Å². The van der Waals surface area contributed by atoms with Crippen molar-refractivity contribution < 1.29 is 0 Å². The van der Waals surface area contributed by atoms with Crippen LogP contribution in [0.4, 0.5) is 5.69 Å². The van der Waals surface area contributed by atoms with E-state index in [1.54, 1.807) is 6.20 Å². The van der Waals surface area contributed by atoms with Gasteiger partial charge in [0.25, 0.3) is 5.56 Å². The highest BCUT2D eigenvalue weighted by molar-refractivity contribution is 5.43. The summed E-state index contributed by atoms with van der Waals surface area (Å²) >= 11 is 0. The van der Waals surface area contributed by atoms with Gasteiger partial charge < -0.3 is 10.7 Å². The number of rotatable bonds is 1. The van der Waals surface area contributed by atoms with Crippen molar-refractivity contribution in [3.63, 3.8) is 0 Å². The van der Waals surface area contributed by atoms with Crippen LogP contribution in [0.3, 0.4) is 0 Å². The molecular weight excluding hydrogens is 128 g/mol. The minimum absolute atomic E-state index is 0.195. The van der Waals surface area contributed by atoms with Gasteiger partial charge in [0, 0.05) is 6.20 Å². The molecule has 0 atom stereocenters. The first kappa shape index (κ1) is 6.86. The molecule has 1 heterocycles. The lowest BCUT2D eigenvalue weighted by atomic mass is 10.2. The molecule has 0 radical (unpaired) electrons. The minimum Gasteiger partial charge on any atom is -0.394 e. The zero-order chi connectivity index (χ0) is 7.56. The van der Waals surface area contributed by atoms with E-state index >= 15 is 0 Å². The molecule has 0 aliphatic carbocycles. The number of hydrogen-bond acceptors (Lipinski definition) is 2. The van der Waals surface area contributed by atoms with Crippen LogP contribution in [-0.2, 0) is 6.42 Å². The fourth-order valence-electron chi connectivity index (χ4n) is 0.840. The van der Waals surface area contributed by atoms with Crippen LogP contribution >= 0.6 is 0 Å². The number of nitrogens with one attached hydrogen (secondary N) is 1. The van der Waals surface area contributed by atoms with E-state index in [-0.39, 0.29) is 5.56 Å². The molecule has 0 saturated carbocycles. The maximum atomic E-state index is 10.8. The van der Waals surface area contributed by atoms with Gasteiger partial charge in [-0.05, 0) is 18.1 Å². The van der Waals surface area contributed by atoms with Crippen LogP contribution in [0.25, 0.3) is 0 Å². The van der Waals surface area contributed by atoms with Crippen molar-refractivity contribution in [1.29, 1.82) is 0 Å². The predicted molar refractivity (Wildman–Crippen MR) is 40.9 cm³/mol. The van der Waals surface area contributed by atoms with Crippen molar-refractivity contribution in [2.45, 2.75) is 13.3 Å². The van der Waals surface area contributed by atoms with E-state index in [2.05, 4.69) is 4.98 Å². The molecule has 0 aromatic carbocycles. The van der Waals surface area contributed by atoms with Gasteiger partial charge in [-0.15, -0.1) is 0 Å². The number of aromatic amines is 1. The van der Waals surface area contributed by atoms with E-state index in [4.69, 9.17) is 5.73 Å². The maximum absolute atomic E-state index is 10.8. The number of hydrogen-bond donors (Lipinski definition) is 2. The Morgan fingerprint density at radius 2 is 2.40 bits per heavy atom. The Labute approximate surface area is 58.9 Å². The van der Waals surface area contributed by atoms with Gasteiger partial charge >= 0.3 is 0 Å². The molecule has 3 N–H and O–H groups in total. The topological polar surface area (TPSA) is 58.9 Å². The molecule has 3 nitrogen and oxygen atoms in total. The molecule has 1 rings (SSSR count). The van der Waals surface area contributed by atoms with Crippen LogP contribution in [0.15, 0.2) is 17.1 Å². The summed E-state index contributed by atoms with van der Waals surface area (Å²) in [7, 11) is 0. The molecule has 54 valence electrons. The lowest BCUT2D eigenvalue weighted by Crippen LogP contribution is -2.12. The van der Waals surface area contributed by atoms with Crippen LogP contribution in [0, 0.1) is 0 Å². The molecule has 1 aromatic heterocycles. The summed E-state index contributed by atoms with van der Waals surface area (Å²) in [6.45, 7) is 1.96. The highest BCUT2D eigenvalue weighted by Gasteiger charge is 1.97. The maximum Gasteiger partial charge on any atom is 0.271 e. The van der Waals surface area contributed by atoms with Gasteiger partial charge in [-0.25, -0.2) is 0 Å². The second-order valence-corrected chi connectivity index (χ2v) is 2.10. The number of anilines is 1. The third kappa shape index (κ3) is 1.03. The number of aromatic nitrogens is 1. The quantitative estimate of drug-likeness (QED) is 0.594. The molecule has 0 saturated heterocycles. The number of aryl methyl sites for hydroxylation is 1. The molecule has 3 heteroatoms. The van der Waals surface area contributed by atoms with Crippen molar-refractivity contribution in [2.75, 3.05) is 5.73 Å². The molecule has 1 aromatic rings. The van der Waals surface area contributed by atoms with Crippen LogP contribution in [0.1, 0.15) is 12.5 Å². The molecule has 0 spiro atoms. The lowest BCUT2D eigenvalue weighted by Gasteiger charge is -1.97.